The number of hydrogen-bond acceptors (Lipinski definition) is 4. The summed E-state index contributed by atoms with van der Waals surface area (Å²) in [5, 5.41) is 4.12. The molecule has 4 nitrogen and oxygen atoms in total. The minimum Gasteiger partial charge on any atom is -0.367 e. The van der Waals surface area contributed by atoms with Crippen molar-refractivity contribution in [3.05, 3.63) is 17.0 Å². The standard InChI is InChI=1S/C15H23ClN4/c1-2-4-14-18-13(16)10-15(19-14)17-11-6-8-20-7-3-5-12(20)9-11/h10-12H,2-9H2,1H3,(H,17,18,19). The second-order valence-electron chi connectivity index (χ2n) is 5.94. The molecule has 0 bridgehead atoms. The zero-order chi connectivity index (χ0) is 13.9. The van der Waals surface area contributed by atoms with Gasteiger partial charge in [0, 0.05) is 31.1 Å². The van der Waals surface area contributed by atoms with Crippen LogP contribution in [0.25, 0.3) is 0 Å². The van der Waals surface area contributed by atoms with E-state index in [-0.39, 0.29) is 0 Å². The highest BCUT2D eigenvalue weighted by molar-refractivity contribution is 6.29. The summed E-state index contributed by atoms with van der Waals surface area (Å²) in [6.07, 6.45) is 7.06. The van der Waals surface area contributed by atoms with Crippen LogP contribution in [-0.2, 0) is 6.42 Å². The number of nitrogens with zero attached hydrogens (tertiary/aromatic N) is 3. The lowest BCUT2D eigenvalue weighted by Gasteiger charge is -2.35. The molecule has 0 radical (unpaired) electrons. The summed E-state index contributed by atoms with van der Waals surface area (Å²) >= 11 is 6.09. The van der Waals surface area contributed by atoms with E-state index in [0.717, 1.165) is 30.5 Å². The minimum absolute atomic E-state index is 0.523. The zero-order valence-electron chi connectivity index (χ0n) is 12.1. The maximum Gasteiger partial charge on any atom is 0.134 e. The molecule has 0 aromatic carbocycles. The van der Waals surface area contributed by atoms with Gasteiger partial charge in [0.25, 0.3) is 0 Å². The average Bonchev–Trinajstić information content (AvgIpc) is 2.85. The molecule has 2 atom stereocenters. The largest absolute Gasteiger partial charge is 0.367 e. The third kappa shape index (κ3) is 3.23. The van der Waals surface area contributed by atoms with Crippen LogP contribution >= 0.6 is 11.6 Å². The molecule has 2 saturated heterocycles. The van der Waals surface area contributed by atoms with Crippen LogP contribution in [0.3, 0.4) is 0 Å². The summed E-state index contributed by atoms with van der Waals surface area (Å²) in [6, 6.07) is 3.14. The molecule has 2 aliphatic rings. The monoisotopic (exact) mass is 294 g/mol. The number of aryl methyl sites for hydroxylation is 1. The van der Waals surface area contributed by atoms with Gasteiger partial charge in [0.2, 0.25) is 0 Å². The van der Waals surface area contributed by atoms with Gasteiger partial charge in [-0.15, -0.1) is 0 Å². The van der Waals surface area contributed by atoms with Crippen LogP contribution < -0.4 is 5.32 Å². The molecule has 110 valence electrons. The summed E-state index contributed by atoms with van der Waals surface area (Å²) in [4.78, 5) is 11.5. The fraction of sp³-hybridized carbons (Fsp3) is 0.733. The lowest BCUT2D eigenvalue weighted by atomic mass is 9.97. The molecule has 2 unspecified atom stereocenters. The zero-order valence-corrected chi connectivity index (χ0v) is 12.9. The number of nitrogens with one attached hydrogen (secondary N) is 1. The highest BCUT2D eigenvalue weighted by Crippen LogP contribution is 2.28. The average molecular weight is 295 g/mol. The maximum atomic E-state index is 6.09. The quantitative estimate of drug-likeness (QED) is 0.866. The number of hydrogen-bond donors (Lipinski definition) is 1. The third-order valence-electron chi connectivity index (χ3n) is 4.39. The van der Waals surface area contributed by atoms with E-state index < -0.39 is 0 Å². The molecule has 3 rings (SSSR count). The molecule has 0 spiro atoms. The molecule has 0 amide bonds. The normalized spacial score (nSPS) is 26.5. The molecule has 5 heteroatoms. The summed E-state index contributed by atoms with van der Waals surface area (Å²) < 4.78 is 0. The van der Waals surface area contributed by atoms with Crippen molar-refractivity contribution in [3.8, 4) is 0 Å². The molecule has 1 aromatic rings. The van der Waals surface area contributed by atoms with Crippen molar-refractivity contribution in [3.63, 3.8) is 0 Å². The van der Waals surface area contributed by atoms with Gasteiger partial charge in [0.1, 0.15) is 16.8 Å². The number of piperidine rings is 1. The first-order chi connectivity index (χ1) is 9.74. The number of aromatic nitrogens is 2. The van der Waals surface area contributed by atoms with Gasteiger partial charge in [-0.1, -0.05) is 18.5 Å². The molecule has 3 heterocycles. The Morgan fingerprint density at radius 1 is 1.35 bits per heavy atom. The Bertz CT molecular complexity index is 465. The summed E-state index contributed by atoms with van der Waals surface area (Å²) in [6.45, 7) is 4.63. The highest BCUT2D eigenvalue weighted by atomic mass is 35.5. The molecular weight excluding hydrogens is 272 g/mol. The Morgan fingerprint density at radius 3 is 3.10 bits per heavy atom. The van der Waals surface area contributed by atoms with Crippen molar-refractivity contribution in [1.82, 2.24) is 14.9 Å². The van der Waals surface area contributed by atoms with Gasteiger partial charge >= 0.3 is 0 Å². The van der Waals surface area contributed by atoms with Crippen molar-refractivity contribution < 1.29 is 0 Å². The van der Waals surface area contributed by atoms with Gasteiger partial charge in [-0.3, -0.25) is 0 Å². The Kier molecular flexibility index (Phi) is 4.41. The molecule has 1 N–H and O–H groups in total. The van der Waals surface area contributed by atoms with Crippen LogP contribution in [0.2, 0.25) is 5.15 Å². The van der Waals surface area contributed by atoms with E-state index in [1.807, 2.05) is 6.07 Å². The number of rotatable bonds is 4. The van der Waals surface area contributed by atoms with Gasteiger partial charge in [-0.05, 0) is 38.6 Å². The first-order valence-electron chi connectivity index (χ1n) is 7.78. The number of halogens is 1. The summed E-state index contributed by atoms with van der Waals surface area (Å²) in [5.74, 6) is 1.74. The molecule has 2 fully saturated rings. The van der Waals surface area contributed by atoms with Crippen molar-refractivity contribution in [2.75, 3.05) is 18.4 Å². The topological polar surface area (TPSA) is 41.1 Å². The van der Waals surface area contributed by atoms with Crippen LogP contribution in [0, 0.1) is 0 Å². The predicted molar refractivity (Wildman–Crippen MR) is 82.3 cm³/mol. The SMILES string of the molecule is CCCc1nc(Cl)cc(NC2CCN3CCCC3C2)n1. The van der Waals surface area contributed by atoms with Crippen molar-refractivity contribution in [2.24, 2.45) is 0 Å². The van der Waals surface area contributed by atoms with Gasteiger partial charge in [0.05, 0.1) is 0 Å². The summed E-state index contributed by atoms with van der Waals surface area (Å²) in [7, 11) is 0. The fourth-order valence-corrected chi connectivity index (χ4v) is 3.64. The lowest BCUT2D eigenvalue weighted by molar-refractivity contribution is 0.188. The smallest absolute Gasteiger partial charge is 0.134 e. The highest BCUT2D eigenvalue weighted by Gasteiger charge is 2.31. The van der Waals surface area contributed by atoms with E-state index in [9.17, 15) is 0 Å². The predicted octanol–water partition coefficient (Wildman–Crippen LogP) is 3.12. The third-order valence-corrected chi connectivity index (χ3v) is 4.58. The van der Waals surface area contributed by atoms with E-state index in [1.165, 1.54) is 38.8 Å². The fourth-order valence-electron chi connectivity index (χ4n) is 3.44. The van der Waals surface area contributed by atoms with Crippen LogP contribution in [0.4, 0.5) is 5.82 Å². The van der Waals surface area contributed by atoms with E-state index in [0.29, 0.717) is 11.2 Å². The van der Waals surface area contributed by atoms with Gasteiger partial charge in [0.15, 0.2) is 0 Å². The van der Waals surface area contributed by atoms with E-state index in [2.05, 4.69) is 27.1 Å². The minimum atomic E-state index is 0.523. The second-order valence-corrected chi connectivity index (χ2v) is 6.33. The first-order valence-corrected chi connectivity index (χ1v) is 8.16. The van der Waals surface area contributed by atoms with Crippen molar-refractivity contribution in [1.29, 1.82) is 0 Å². The molecule has 1 aromatic heterocycles. The molecule has 0 aliphatic carbocycles. The van der Waals surface area contributed by atoms with Gasteiger partial charge in [-0.2, -0.15) is 0 Å². The molecule has 2 aliphatic heterocycles. The van der Waals surface area contributed by atoms with Gasteiger partial charge in [-0.25, -0.2) is 9.97 Å². The van der Waals surface area contributed by atoms with Crippen molar-refractivity contribution >= 4 is 17.4 Å². The van der Waals surface area contributed by atoms with Crippen LogP contribution in [-0.4, -0.2) is 40.0 Å². The Labute approximate surface area is 125 Å². The van der Waals surface area contributed by atoms with Crippen LogP contribution in [0.15, 0.2) is 6.07 Å². The molecular formula is C15H23ClN4. The second kappa shape index (κ2) is 6.27. The number of fused-ring (bicyclic) bond motifs is 1. The van der Waals surface area contributed by atoms with E-state index >= 15 is 0 Å². The molecule has 0 saturated carbocycles. The van der Waals surface area contributed by atoms with Gasteiger partial charge < -0.3 is 10.2 Å². The lowest BCUT2D eigenvalue weighted by Crippen LogP contribution is -2.42. The Morgan fingerprint density at radius 2 is 2.25 bits per heavy atom. The summed E-state index contributed by atoms with van der Waals surface area (Å²) in [5.41, 5.74) is 0. The molecule has 20 heavy (non-hydrogen) atoms. The Balaban J connectivity index is 1.65. The maximum absolute atomic E-state index is 6.09. The van der Waals surface area contributed by atoms with Crippen LogP contribution in [0.1, 0.15) is 44.9 Å². The van der Waals surface area contributed by atoms with Crippen molar-refractivity contribution in [2.45, 2.75) is 57.5 Å². The number of anilines is 1. The van der Waals surface area contributed by atoms with E-state index in [4.69, 9.17) is 11.6 Å². The van der Waals surface area contributed by atoms with E-state index in [1.54, 1.807) is 0 Å². The first kappa shape index (κ1) is 14.1. The Hall–Kier alpha value is -0.870. The van der Waals surface area contributed by atoms with Crippen LogP contribution in [0.5, 0.6) is 0 Å².